The molecule has 0 aromatic rings. The van der Waals surface area contributed by atoms with Crippen LogP contribution in [0.4, 0.5) is 4.79 Å². The van der Waals surface area contributed by atoms with Gasteiger partial charge in [0.1, 0.15) is 18.1 Å². The fraction of sp³-hybridized carbons (Fsp3) is 0.765. The zero-order valence-electron chi connectivity index (χ0n) is 15.9. The van der Waals surface area contributed by atoms with Gasteiger partial charge in [0.2, 0.25) is 11.8 Å². The first-order valence-corrected chi connectivity index (χ1v) is 11.4. The molecule has 1 saturated carbocycles. The molecule has 156 valence electrons. The lowest BCUT2D eigenvalue weighted by atomic mass is 9.82. The molecule has 1 atom stereocenters. The Morgan fingerprint density at radius 2 is 1.75 bits per heavy atom. The van der Waals surface area contributed by atoms with Crippen molar-refractivity contribution >= 4 is 33.6 Å². The predicted molar refractivity (Wildman–Crippen MR) is 98.9 cm³/mol. The van der Waals surface area contributed by atoms with Crippen molar-refractivity contribution in [3.63, 3.8) is 0 Å². The van der Waals surface area contributed by atoms with Gasteiger partial charge < -0.3 is 15.5 Å². The molecule has 1 unspecified atom stereocenters. The first kappa shape index (κ1) is 20.6. The first-order valence-electron chi connectivity index (χ1n) is 9.56. The van der Waals surface area contributed by atoms with Gasteiger partial charge in [-0.25, -0.2) is 13.2 Å². The minimum atomic E-state index is -3.11. The predicted octanol–water partition coefficient (Wildman–Crippen LogP) is -0.997. The highest BCUT2D eigenvalue weighted by atomic mass is 32.2. The average Bonchev–Trinajstić information content (AvgIpc) is 2.85. The van der Waals surface area contributed by atoms with E-state index in [0.717, 1.165) is 24.2 Å². The van der Waals surface area contributed by atoms with Gasteiger partial charge in [-0.15, -0.1) is 0 Å². The summed E-state index contributed by atoms with van der Waals surface area (Å²) in [5.74, 6) is -1.56. The normalized spacial score (nSPS) is 24.8. The van der Waals surface area contributed by atoms with Gasteiger partial charge in [-0.1, -0.05) is 19.3 Å². The maximum Gasteiger partial charge on any atom is 0.325 e. The molecule has 3 rings (SSSR count). The topological polar surface area (TPSA) is 133 Å². The molecule has 0 aromatic heterocycles. The molecule has 1 aliphatic carbocycles. The fourth-order valence-electron chi connectivity index (χ4n) is 4.01. The summed E-state index contributed by atoms with van der Waals surface area (Å²) in [7, 11) is -3.11. The van der Waals surface area contributed by atoms with E-state index < -0.39 is 39.9 Å². The van der Waals surface area contributed by atoms with Crippen molar-refractivity contribution in [1.82, 2.24) is 20.4 Å². The third kappa shape index (κ3) is 4.13. The number of carbonyl (C=O) groups excluding carboxylic acids is 4. The SMILES string of the molecule is CC(NC(=O)CN1C(=O)NC2(CCCCC2)C1=O)C(=O)N1CCS(=O)(=O)CC1. The van der Waals surface area contributed by atoms with E-state index in [2.05, 4.69) is 10.6 Å². The maximum absolute atomic E-state index is 12.7. The molecule has 3 fully saturated rings. The van der Waals surface area contributed by atoms with Crippen LogP contribution < -0.4 is 10.6 Å². The Bertz CT molecular complexity index is 775. The second kappa shape index (κ2) is 7.69. The van der Waals surface area contributed by atoms with Crippen LogP contribution in [-0.4, -0.2) is 84.7 Å². The standard InChI is InChI=1S/C17H26N4O6S/c1-12(14(23)20-7-9-28(26,27)10-8-20)18-13(22)11-21-15(24)17(19-16(21)25)5-3-2-4-6-17/h12H,2-11H2,1H3,(H,18,22)(H,19,25). The first-order chi connectivity index (χ1) is 13.1. The zero-order chi connectivity index (χ0) is 20.5. The minimum absolute atomic E-state index is 0.0933. The van der Waals surface area contributed by atoms with Gasteiger partial charge in [-0.05, 0) is 19.8 Å². The number of rotatable bonds is 4. The van der Waals surface area contributed by atoms with Crippen LogP contribution in [0.25, 0.3) is 0 Å². The van der Waals surface area contributed by atoms with Crippen LogP contribution >= 0.6 is 0 Å². The third-order valence-corrected chi connectivity index (χ3v) is 7.27. The molecule has 10 nitrogen and oxygen atoms in total. The van der Waals surface area contributed by atoms with Gasteiger partial charge in [0, 0.05) is 13.1 Å². The van der Waals surface area contributed by atoms with Crippen LogP contribution in [-0.2, 0) is 24.2 Å². The zero-order valence-corrected chi connectivity index (χ0v) is 16.7. The largest absolute Gasteiger partial charge is 0.343 e. The lowest BCUT2D eigenvalue weighted by Crippen LogP contribution is -2.53. The fourth-order valence-corrected chi connectivity index (χ4v) is 5.21. The van der Waals surface area contributed by atoms with E-state index in [4.69, 9.17) is 0 Å². The lowest BCUT2D eigenvalue weighted by Gasteiger charge is -2.30. The van der Waals surface area contributed by atoms with Crippen LogP contribution in [0, 0.1) is 0 Å². The Balaban J connectivity index is 1.54. The summed E-state index contributed by atoms with van der Waals surface area (Å²) in [5, 5.41) is 5.24. The maximum atomic E-state index is 12.7. The molecule has 0 aromatic carbocycles. The Morgan fingerprint density at radius 1 is 1.14 bits per heavy atom. The summed E-state index contributed by atoms with van der Waals surface area (Å²) in [6.07, 6.45) is 3.86. The Kier molecular flexibility index (Phi) is 5.64. The Labute approximate surface area is 163 Å². The molecule has 0 radical (unpaired) electrons. The number of imide groups is 1. The van der Waals surface area contributed by atoms with Crippen molar-refractivity contribution in [3.8, 4) is 0 Å². The van der Waals surface area contributed by atoms with Gasteiger partial charge >= 0.3 is 6.03 Å². The van der Waals surface area contributed by atoms with Crippen LogP contribution in [0.1, 0.15) is 39.0 Å². The summed E-state index contributed by atoms with van der Waals surface area (Å²) in [4.78, 5) is 51.9. The minimum Gasteiger partial charge on any atom is -0.343 e. The molecule has 0 bridgehead atoms. The number of hydrogen-bond donors (Lipinski definition) is 2. The van der Waals surface area contributed by atoms with Crippen LogP contribution in [0.2, 0.25) is 0 Å². The lowest BCUT2D eigenvalue weighted by molar-refractivity contribution is -0.138. The van der Waals surface area contributed by atoms with Crippen LogP contribution in [0.15, 0.2) is 0 Å². The summed E-state index contributed by atoms with van der Waals surface area (Å²) >= 11 is 0. The molecule has 2 heterocycles. The second-order valence-corrected chi connectivity index (χ2v) is 10.0. The number of urea groups is 1. The Hall–Kier alpha value is -2.17. The smallest absolute Gasteiger partial charge is 0.325 e. The molecule has 2 N–H and O–H groups in total. The molecule has 2 saturated heterocycles. The molecule has 2 aliphatic heterocycles. The van der Waals surface area contributed by atoms with Crippen molar-refractivity contribution in [2.24, 2.45) is 0 Å². The van der Waals surface area contributed by atoms with E-state index in [-0.39, 0.29) is 36.4 Å². The van der Waals surface area contributed by atoms with Gasteiger partial charge in [0.15, 0.2) is 9.84 Å². The monoisotopic (exact) mass is 414 g/mol. The third-order valence-electron chi connectivity index (χ3n) is 5.66. The van der Waals surface area contributed by atoms with Crippen molar-refractivity contribution < 1.29 is 27.6 Å². The van der Waals surface area contributed by atoms with E-state index in [1.54, 1.807) is 0 Å². The highest BCUT2D eigenvalue weighted by molar-refractivity contribution is 7.91. The van der Waals surface area contributed by atoms with Crippen LogP contribution in [0.5, 0.6) is 0 Å². The highest BCUT2D eigenvalue weighted by Crippen LogP contribution is 2.33. The van der Waals surface area contributed by atoms with E-state index in [0.29, 0.717) is 12.8 Å². The van der Waals surface area contributed by atoms with E-state index in [1.165, 1.54) is 11.8 Å². The number of carbonyl (C=O) groups is 4. The molecular formula is C17H26N4O6S. The average molecular weight is 414 g/mol. The van der Waals surface area contributed by atoms with E-state index in [9.17, 15) is 27.6 Å². The summed E-state index contributed by atoms with van der Waals surface area (Å²) < 4.78 is 22.9. The number of amides is 5. The number of hydrogen-bond acceptors (Lipinski definition) is 6. The number of sulfone groups is 1. The van der Waals surface area contributed by atoms with Crippen molar-refractivity contribution in [2.45, 2.75) is 50.6 Å². The second-order valence-electron chi connectivity index (χ2n) is 7.73. The van der Waals surface area contributed by atoms with E-state index in [1.807, 2.05) is 0 Å². The van der Waals surface area contributed by atoms with Gasteiger partial charge in [-0.3, -0.25) is 19.3 Å². The molecule has 11 heteroatoms. The van der Waals surface area contributed by atoms with Gasteiger partial charge in [0.05, 0.1) is 11.5 Å². The molecule has 1 spiro atoms. The van der Waals surface area contributed by atoms with Crippen LogP contribution in [0.3, 0.4) is 0 Å². The molecular weight excluding hydrogens is 388 g/mol. The molecule has 3 aliphatic rings. The summed E-state index contributed by atoms with van der Waals surface area (Å²) in [6, 6.07) is -1.46. The van der Waals surface area contributed by atoms with Crippen molar-refractivity contribution in [3.05, 3.63) is 0 Å². The van der Waals surface area contributed by atoms with E-state index >= 15 is 0 Å². The van der Waals surface area contributed by atoms with Crippen molar-refractivity contribution in [1.29, 1.82) is 0 Å². The highest BCUT2D eigenvalue weighted by Gasteiger charge is 2.51. The summed E-state index contributed by atoms with van der Waals surface area (Å²) in [6.45, 7) is 1.24. The van der Waals surface area contributed by atoms with Crippen molar-refractivity contribution in [2.75, 3.05) is 31.1 Å². The molecule has 5 amide bonds. The summed E-state index contributed by atoms with van der Waals surface area (Å²) in [5.41, 5.74) is -0.893. The quantitative estimate of drug-likeness (QED) is 0.567. The molecule has 28 heavy (non-hydrogen) atoms. The van der Waals surface area contributed by atoms with Gasteiger partial charge in [0.25, 0.3) is 5.91 Å². The Morgan fingerprint density at radius 3 is 2.36 bits per heavy atom. The van der Waals surface area contributed by atoms with Gasteiger partial charge in [-0.2, -0.15) is 0 Å². The number of nitrogens with zero attached hydrogens (tertiary/aromatic N) is 2. The number of nitrogens with one attached hydrogen (secondary N) is 2.